The SMILES string of the molecule is CCCCNC(=O)CN1CCN(c2cc(C(=O)O)c3cc(NC(=O)COC)ccc3n2)CC1.Cl.Cl.Cl. The van der Waals surface area contributed by atoms with Crippen LogP contribution in [0.1, 0.15) is 30.1 Å². The maximum atomic E-state index is 12.1. The topological polar surface area (TPSA) is 124 Å². The number of benzene rings is 1. The number of amides is 2. The summed E-state index contributed by atoms with van der Waals surface area (Å²) in [6, 6.07) is 6.56. The molecule has 1 fully saturated rings. The number of carbonyl (C=O) groups excluding carboxylic acids is 2. The smallest absolute Gasteiger partial charge is 0.336 e. The fourth-order valence-corrected chi connectivity index (χ4v) is 3.76. The standard InChI is InChI=1S/C23H31N5O5.3ClH/c1-3-4-7-24-21(29)14-27-8-10-28(11-9-27)20-13-18(23(31)32)17-12-16(5-6-19(17)26-20)25-22(30)15-33-2;;;/h5-6,12-13H,3-4,7-11,14-15H2,1-2H3,(H,24,29)(H,25,30)(H,31,32);3*1H. The first-order valence-corrected chi connectivity index (χ1v) is 11.1. The Morgan fingerprint density at radius 3 is 2.36 bits per heavy atom. The van der Waals surface area contributed by atoms with Gasteiger partial charge in [-0.2, -0.15) is 0 Å². The van der Waals surface area contributed by atoms with E-state index in [9.17, 15) is 19.5 Å². The molecule has 1 aliphatic rings. The average molecular weight is 567 g/mol. The van der Waals surface area contributed by atoms with Crippen molar-refractivity contribution in [1.29, 1.82) is 0 Å². The zero-order valence-corrected chi connectivity index (χ0v) is 22.8. The number of rotatable bonds is 10. The van der Waals surface area contributed by atoms with Crippen molar-refractivity contribution in [3.63, 3.8) is 0 Å². The fourth-order valence-electron chi connectivity index (χ4n) is 3.76. The van der Waals surface area contributed by atoms with Gasteiger partial charge in [-0.25, -0.2) is 9.78 Å². The Bertz CT molecular complexity index is 1020. The number of nitrogens with one attached hydrogen (secondary N) is 2. The molecule has 2 aromatic rings. The van der Waals surface area contributed by atoms with Crippen molar-refractivity contribution in [3.8, 4) is 0 Å². The molecule has 1 aromatic heterocycles. The minimum atomic E-state index is -1.06. The molecule has 1 saturated heterocycles. The molecule has 0 aliphatic carbocycles. The van der Waals surface area contributed by atoms with Gasteiger partial charge in [0.15, 0.2) is 0 Å². The van der Waals surface area contributed by atoms with E-state index in [1.165, 1.54) is 7.11 Å². The fraction of sp³-hybridized carbons (Fsp3) is 0.478. The highest BCUT2D eigenvalue weighted by Gasteiger charge is 2.22. The quantitative estimate of drug-likeness (QED) is 0.375. The Balaban J connectivity index is 0.00000408. The van der Waals surface area contributed by atoms with E-state index in [1.54, 1.807) is 24.3 Å². The number of unbranched alkanes of at least 4 members (excludes halogenated alkanes) is 1. The number of methoxy groups -OCH3 is 1. The summed E-state index contributed by atoms with van der Waals surface area (Å²) >= 11 is 0. The summed E-state index contributed by atoms with van der Waals surface area (Å²) in [5, 5.41) is 15.8. The summed E-state index contributed by atoms with van der Waals surface area (Å²) in [4.78, 5) is 44.6. The lowest BCUT2D eigenvalue weighted by molar-refractivity contribution is -0.122. The van der Waals surface area contributed by atoms with Crippen LogP contribution in [0.4, 0.5) is 11.5 Å². The molecule has 0 unspecified atom stereocenters. The van der Waals surface area contributed by atoms with Gasteiger partial charge in [-0.05, 0) is 30.7 Å². The van der Waals surface area contributed by atoms with E-state index in [0.717, 1.165) is 12.8 Å². The molecule has 0 spiro atoms. The predicted octanol–water partition coefficient (Wildman–Crippen LogP) is 2.82. The maximum Gasteiger partial charge on any atom is 0.336 e. The molecule has 3 rings (SSSR count). The third kappa shape index (κ3) is 9.25. The van der Waals surface area contributed by atoms with Gasteiger partial charge in [0.2, 0.25) is 11.8 Å². The van der Waals surface area contributed by atoms with Crippen LogP contribution in [0.25, 0.3) is 10.9 Å². The molecule has 0 saturated carbocycles. The van der Waals surface area contributed by atoms with E-state index >= 15 is 0 Å². The Morgan fingerprint density at radius 1 is 1.06 bits per heavy atom. The van der Waals surface area contributed by atoms with E-state index in [2.05, 4.69) is 27.4 Å². The van der Waals surface area contributed by atoms with Crippen LogP contribution in [-0.4, -0.2) is 85.8 Å². The molecule has 36 heavy (non-hydrogen) atoms. The molecule has 0 atom stereocenters. The van der Waals surface area contributed by atoms with Crippen LogP contribution in [0.2, 0.25) is 0 Å². The first kappa shape index (κ1) is 33.6. The summed E-state index contributed by atoms with van der Waals surface area (Å²) in [5.74, 6) is -0.771. The van der Waals surface area contributed by atoms with Gasteiger partial charge in [-0.1, -0.05) is 13.3 Å². The van der Waals surface area contributed by atoms with E-state index in [0.29, 0.717) is 61.7 Å². The van der Waals surface area contributed by atoms with Crippen LogP contribution in [0.3, 0.4) is 0 Å². The van der Waals surface area contributed by atoms with E-state index in [1.807, 2.05) is 4.90 Å². The third-order valence-corrected chi connectivity index (χ3v) is 5.50. The highest BCUT2D eigenvalue weighted by atomic mass is 35.5. The number of aromatic carboxylic acids is 1. The number of nitrogens with zero attached hydrogens (tertiary/aromatic N) is 3. The zero-order chi connectivity index (χ0) is 23.8. The Kier molecular flexibility index (Phi) is 15.3. The van der Waals surface area contributed by atoms with Crippen LogP contribution >= 0.6 is 37.2 Å². The first-order chi connectivity index (χ1) is 15.9. The van der Waals surface area contributed by atoms with Crippen molar-refractivity contribution < 1.29 is 24.2 Å². The Morgan fingerprint density at radius 2 is 1.75 bits per heavy atom. The number of carboxylic acids is 1. The van der Waals surface area contributed by atoms with Gasteiger partial charge in [-0.15, -0.1) is 37.2 Å². The van der Waals surface area contributed by atoms with Gasteiger partial charge in [0.05, 0.1) is 17.6 Å². The van der Waals surface area contributed by atoms with Gasteiger partial charge < -0.3 is 25.4 Å². The lowest BCUT2D eigenvalue weighted by Gasteiger charge is -2.35. The number of ether oxygens (including phenoxy) is 1. The molecule has 2 amide bonds. The second-order valence-electron chi connectivity index (χ2n) is 8.01. The minimum Gasteiger partial charge on any atom is -0.478 e. The summed E-state index contributed by atoms with van der Waals surface area (Å²) in [6.45, 7) is 5.72. The normalized spacial score (nSPS) is 13.1. The second kappa shape index (κ2) is 16.4. The number of carboxylic acid groups (broad SMARTS) is 1. The largest absolute Gasteiger partial charge is 0.478 e. The average Bonchev–Trinajstić information content (AvgIpc) is 2.79. The van der Waals surface area contributed by atoms with Gasteiger partial charge in [0, 0.05) is 50.9 Å². The highest BCUT2D eigenvalue weighted by Crippen LogP contribution is 2.26. The number of hydrogen-bond acceptors (Lipinski definition) is 7. The zero-order valence-electron chi connectivity index (χ0n) is 20.3. The highest BCUT2D eigenvalue weighted by molar-refractivity contribution is 6.05. The van der Waals surface area contributed by atoms with Crippen molar-refractivity contribution in [1.82, 2.24) is 15.2 Å². The molecule has 0 bridgehead atoms. The summed E-state index contributed by atoms with van der Waals surface area (Å²) < 4.78 is 4.81. The molecular weight excluding hydrogens is 533 g/mol. The van der Waals surface area contributed by atoms with Crippen LogP contribution in [0.15, 0.2) is 24.3 Å². The number of fused-ring (bicyclic) bond motifs is 1. The molecule has 202 valence electrons. The van der Waals surface area contributed by atoms with Crippen LogP contribution in [0.5, 0.6) is 0 Å². The van der Waals surface area contributed by atoms with Crippen molar-refractivity contribution in [2.24, 2.45) is 0 Å². The molecule has 1 aliphatic heterocycles. The van der Waals surface area contributed by atoms with Crippen molar-refractivity contribution in [2.45, 2.75) is 19.8 Å². The molecular formula is C23H34Cl3N5O5. The van der Waals surface area contributed by atoms with Gasteiger partial charge >= 0.3 is 5.97 Å². The van der Waals surface area contributed by atoms with Crippen LogP contribution in [0, 0.1) is 0 Å². The molecule has 2 heterocycles. The Labute approximate surface area is 229 Å². The number of pyridine rings is 1. The molecule has 1 aromatic carbocycles. The van der Waals surface area contributed by atoms with Crippen molar-refractivity contribution >= 4 is 77.4 Å². The summed E-state index contributed by atoms with van der Waals surface area (Å²) in [7, 11) is 1.43. The minimum absolute atomic E-state index is 0. The van der Waals surface area contributed by atoms with E-state index < -0.39 is 5.97 Å². The van der Waals surface area contributed by atoms with Gasteiger partial charge in [0.1, 0.15) is 12.4 Å². The lowest BCUT2D eigenvalue weighted by atomic mass is 10.1. The van der Waals surface area contributed by atoms with Crippen molar-refractivity contribution in [2.75, 3.05) is 63.2 Å². The number of piperazine rings is 1. The molecule has 13 heteroatoms. The van der Waals surface area contributed by atoms with Gasteiger partial charge in [0.25, 0.3) is 0 Å². The summed E-state index contributed by atoms with van der Waals surface area (Å²) in [5.41, 5.74) is 1.13. The maximum absolute atomic E-state index is 12.1. The number of aromatic nitrogens is 1. The van der Waals surface area contributed by atoms with E-state index in [4.69, 9.17) is 4.74 Å². The number of hydrogen-bond donors (Lipinski definition) is 3. The summed E-state index contributed by atoms with van der Waals surface area (Å²) in [6.07, 6.45) is 2.01. The third-order valence-electron chi connectivity index (χ3n) is 5.50. The lowest BCUT2D eigenvalue weighted by Crippen LogP contribution is -2.49. The number of carbonyl (C=O) groups is 3. The van der Waals surface area contributed by atoms with Crippen LogP contribution < -0.4 is 15.5 Å². The van der Waals surface area contributed by atoms with Crippen molar-refractivity contribution in [3.05, 3.63) is 29.8 Å². The molecule has 3 N–H and O–H groups in total. The van der Waals surface area contributed by atoms with E-state index in [-0.39, 0.29) is 61.2 Å². The second-order valence-corrected chi connectivity index (χ2v) is 8.01. The first-order valence-electron chi connectivity index (χ1n) is 11.1. The number of halogens is 3. The van der Waals surface area contributed by atoms with Crippen LogP contribution in [-0.2, 0) is 14.3 Å². The monoisotopic (exact) mass is 565 g/mol. The molecule has 10 nitrogen and oxygen atoms in total. The predicted molar refractivity (Wildman–Crippen MR) is 148 cm³/mol. The molecule has 0 radical (unpaired) electrons. The Hall–Kier alpha value is -2.37. The number of anilines is 2. The van der Waals surface area contributed by atoms with Gasteiger partial charge in [-0.3, -0.25) is 14.5 Å².